The van der Waals surface area contributed by atoms with Gasteiger partial charge in [0.05, 0.1) is 26.6 Å². The van der Waals surface area contributed by atoms with Gasteiger partial charge in [-0.15, -0.1) is 0 Å². The number of hydrogen-bond donors (Lipinski definition) is 3. The minimum atomic E-state index is -0.509. The molecule has 3 aromatic carbocycles. The summed E-state index contributed by atoms with van der Waals surface area (Å²) in [6.45, 7) is 0.428. The van der Waals surface area contributed by atoms with Gasteiger partial charge < -0.3 is 16.0 Å². The van der Waals surface area contributed by atoms with Gasteiger partial charge in [-0.3, -0.25) is 35.3 Å². The first-order chi connectivity index (χ1) is 19.7. The summed E-state index contributed by atoms with van der Waals surface area (Å²) in [6.07, 6.45) is 0. The van der Waals surface area contributed by atoms with E-state index in [2.05, 4.69) is 35.9 Å². The second-order valence-corrected chi connectivity index (χ2v) is 9.58. The fourth-order valence-corrected chi connectivity index (χ4v) is 4.67. The fraction of sp³-hybridized carbons (Fsp3) is 0.0833. The van der Waals surface area contributed by atoms with Crippen LogP contribution in [0.3, 0.4) is 0 Å². The number of hydrogen-bond acceptors (Lipinski definition) is 14. The lowest BCUT2D eigenvalue weighted by molar-refractivity contribution is -0.385. The fourth-order valence-electron chi connectivity index (χ4n) is 3.66. The van der Waals surface area contributed by atoms with E-state index in [1.807, 2.05) is 0 Å². The van der Waals surface area contributed by atoms with E-state index in [4.69, 9.17) is 0 Å². The highest BCUT2D eigenvalue weighted by Crippen LogP contribution is 2.36. The van der Waals surface area contributed by atoms with E-state index in [9.17, 15) is 30.3 Å². The van der Waals surface area contributed by atoms with Crippen LogP contribution in [0.4, 0.5) is 46.3 Å². The van der Waals surface area contributed by atoms with Gasteiger partial charge in [-0.1, -0.05) is 23.9 Å². The molecule has 1 atom stereocenters. The summed E-state index contributed by atoms with van der Waals surface area (Å²) in [5.41, 5.74) is 1.70. The SMILES string of the molecule is O=[N+]([O-])c1ccc(Nc2nc(NC3=NCC(c4ccc([N+](=O)[O-])cc4)S3)nc(Nc3ccc([N+](=O)[O-])cc3)n2)cc1. The molecule has 3 N–H and O–H groups in total. The Morgan fingerprint density at radius 2 is 1.00 bits per heavy atom. The second-order valence-electron chi connectivity index (χ2n) is 8.39. The van der Waals surface area contributed by atoms with E-state index in [0.717, 1.165) is 5.56 Å². The zero-order chi connectivity index (χ0) is 28.9. The summed E-state index contributed by atoms with van der Waals surface area (Å²) in [6, 6.07) is 17.6. The van der Waals surface area contributed by atoms with Crippen LogP contribution in [-0.2, 0) is 0 Å². The smallest absolute Gasteiger partial charge is 0.269 e. The summed E-state index contributed by atoms with van der Waals surface area (Å²) in [5, 5.41) is 42.3. The number of nitro benzene ring substituents is 3. The number of nitro groups is 3. The topological polar surface area (TPSA) is 217 Å². The van der Waals surface area contributed by atoms with E-state index in [-0.39, 0.29) is 40.2 Å². The number of benzene rings is 3. The molecule has 4 aromatic rings. The van der Waals surface area contributed by atoms with Crippen molar-refractivity contribution in [2.45, 2.75) is 5.25 Å². The Kier molecular flexibility index (Phi) is 7.59. The Morgan fingerprint density at radius 1 is 0.610 bits per heavy atom. The number of aliphatic imine (C=N–C) groups is 1. The van der Waals surface area contributed by atoms with Crippen LogP contribution in [0.15, 0.2) is 77.8 Å². The van der Waals surface area contributed by atoms with Crippen LogP contribution in [-0.4, -0.2) is 41.4 Å². The van der Waals surface area contributed by atoms with Crippen LogP contribution in [0.1, 0.15) is 10.8 Å². The van der Waals surface area contributed by atoms with Gasteiger partial charge in [0.1, 0.15) is 0 Å². The van der Waals surface area contributed by atoms with Gasteiger partial charge in [-0.25, -0.2) is 0 Å². The highest BCUT2D eigenvalue weighted by Gasteiger charge is 2.23. The molecule has 0 radical (unpaired) electrons. The molecular weight excluding hydrogens is 556 g/mol. The summed E-state index contributed by atoms with van der Waals surface area (Å²) in [4.78, 5) is 49.0. The summed E-state index contributed by atoms with van der Waals surface area (Å²) < 4.78 is 0. The van der Waals surface area contributed by atoms with Crippen LogP contribution in [0.25, 0.3) is 0 Å². The van der Waals surface area contributed by atoms with Crippen molar-refractivity contribution in [3.05, 3.63) is 109 Å². The number of non-ortho nitro benzene ring substituents is 3. The van der Waals surface area contributed by atoms with E-state index >= 15 is 0 Å². The molecule has 0 amide bonds. The molecule has 1 aliphatic heterocycles. The quantitative estimate of drug-likeness (QED) is 0.170. The molecule has 41 heavy (non-hydrogen) atoms. The van der Waals surface area contributed by atoms with Crippen LogP contribution in [0.2, 0.25) is 0 Å². The van der Waals surface area contributed by atoms with Crippen molar-refractivity contribution in [2.75, 3.05) is 22.5 Å². The molecular formula is C24H18N10O6S. The molecule has 1 aromatic heterocycles. The maximum absolute atomic E-state index is 11.0. The third kappa shape index (κ3) is 6.66. The molecule has 1 unspecified atom stereocenters. The van der Waals surface area contributed by atoms with Gasteiger partial charge in [0.25, 0.3) is 17.1 Å². The van der Waals surface area contributed by atoms with E-state index in [1.54, 1.807) is 12.1 Å². The number of nitrogens with zero attached hydrogens (tertiary/aromatic N) is 7. The molecule has 5 rings (SSSR count). The van der Waals surface area contributed by atoms with Gasteiger partial charge in [-0.2, -0.15) is 15.0 Å². The molecule has 16 nitrogen and oxygen atoms in total. The van der Waals surface area contributed by atoms with Crippen molar-refractivity contribution < 1.29 is 14.8 Å². The van der Waals surface area contributed by atoms with E-state index in [0.29, 0.717) is 23.1 Å². The van der Waals surface area contributed by atoms with Gasteiger partial charge in [-0.05, 0) is 29.8 Å². The summed E-state index contributed by atoms with van der Waals surface area (Å²) in [7, 11) is 0. The Morgan fingerprint density at radius 3 is 1.41 bits per heavy atom. The van der Waals surface area contributed by atoms with Crippen LogP contribution in [0, 0.1) is 30.3 Å². The van der Waals surface area contributed by atoms with Crippen LogP contribution < -0.4 is 16.0 Å². The van der Waals surface area contributed by atoms with Crippen LogP contribution in [0.5, 0.6) is 0 Å². The number of rotatable bonds is 9. The molecule has 1 aliphatic rings. The number of anilines is 5. The maximum atomic E-state index is 11.0. The van der Waals surface area contributed by atoms with Gasteiger partial charge in [0.2, 0.25) is 17.8 Å². The number of amidine groups is 1. The van der Waals surface area contributed by atoms with E-state index in [1.165, 1.54) is 72.4 Å². The average Bonchev–Trinajstić information content (AvgIpc) is 3.42. The minimum absolute atomic E-state index is 0.00213. The Bertz CT molecular complexity index is 1570. The molecule has 0 saturated heterocycles. The lowest BCUT2D eigenvalue weighted by Gasteiger charge is -2.12. The zero-order valence-electron chi connectivity index (χ0n) is 20.7. The Labute approximate surface area is 234 Å². The lowest BCUT2D eigenvalue weighted by Crippen LogP contribution is -2.12. The number of nitrogens with one attached hydrogen (secondary N) is 3. The monoisotopic (exact) mass is 574 g/mol. The molecule has 17 heteroatoms. The lowest BCUT2D eigenvalue weighted by atomic mass is 10.1. The minimum Gasteiger partial charge on any atom is -0.324 e. The van der Waals surface area contributed by atoms with Crippen molar-refractivity contribution in [3.8, 4) is 0 Å². The van der Waals surface area contributed by atoms with Crippen molar-refractivity contribution in [3.63, 3.8) is 0 Å². The average molecular weight is 575 g/mol. The van der Waals surface area contributed by atoms with Crippen molar-refractivity contribution in [1.82, 2.24) is 15.0 Å². The van der Waals surface area contributed by atoms with Crippen molar-refractivity contribution >= 4 is 63.2 Å². The normalized spacial score (nSPS) is 14.1. The molecule has 0 aliphatic carbocycles. The first-order valence-corrected chi connectivity index (χ1v) is 12.6. The highest BCUT2D eigenvalue weighted by atomic mass is 32.2. The standard InChI is InChI=1S/C24H18N10O6S/c35-32(36)17-7-1-14(2-8-17)20-13-25-24(41-20)31-23-29-21(26-15-3-9-18(10-4-15)33(37)38)28-22(30-23)27-16-5-11-19(12-6-16)34(39)40/h1-12,20H,13H2,(H3,25,26,27,28,29,30,31). The van der Waals surface area contributed by atoms with Gasteiger partial charge in [0.15, 0.2) is 5.17 Å². The maximum Gasteiger partial charge on any atom is 0.269 e. The molecule has 0 spiro atoms. The van der Waals surface area contributed by atoms with Gasteiger partial charge in [0, 0.05) is 47.8 Å². The third-order valence-corrected chi connectivity index (χ3v) is 6.81. The molecule has 0 saturated carbocycles. The van der Waals surface area contributed by atoms with E-state index < -0.39 is 14.8 Å². The molecule has 0 bridgehead atoms. The van der Waals surface area contributed by atoms with Gasteiger partial charge >= 0.3 is 0 Å². The third-order valence-electron chi connectivity index (χ3n) is 5.65. The summed E-state index contributed by atoms with van der Waals surface area (Å²) in [5.74, 6) is 0.344. The Hall–Kier alpha value is -5.71. The van der Waals surface area contributed by atoms with Crippen molar-refractivity contribution in [1.29, 1.82) is 0 Å². The first kappa shape index (κ1) is 26.9. The Balaban J connectivity index is 1.36. The second kappa shape index (κ2) is 11.6. The number of thioether (sulfide) groups is 1. The largest absolute Gasteiger partial charge is 0.324 e. The molecule has 206 valence electrons. The molecule has 0 fully saturated rings. The zero-order valence-corrected chi connectivity index (χ0v) is 21.5. The summed E-state index contributed by atoms with van der Waals surface area (Å²) >= 11 is 1.40. The highest BCUT2D eigenvalue weighted by molar-refractivity contribution is 8.14. The van der Waals surface area contributed by atoms with Crippen LogP contribution >= 0.6 is 11.8 Å². The predicted molar refractivity (Wildman–Crippen MR) is 152 cm³/mol. The van der Waals surface area contributed by atoms with Crippen molar-refractivity contribution in [2.24, 2.45) is 4.99 Å². The molecule has 2 heterocycles. The first-order valence-electron chi connectivity index (χ1n) is 11.7. The number of aromatic nitrogens is 3. The predicted octanol–water partition coefficient (Wildman–Crippen LogP) is 5.34.